The van der Waals surface area contributed by atoms with Crippen molar-refractivity contribution in [2.45, 2.75) is 40.8 Å². The lowest BCUT2D eigenvalue weighted by Gasteiger charge is -2.18. The number of carboxylic acid groups (broad SMARTS) is 4. The van der Waals surface area contributed by atoms with Crippen molar-refractivity contribution in [3.8, 4) is 11.1 Å². The first-order chi connectivity index (χ1) is 16.8. The molecule has 36 heavy (non-hydrogen) atoms. The third kappa shape index (κ3) is 7.61. The van der Waals surface area contributed by atoms with E-state index in [1.54, 1.807) is 9.36 Å². The number of hydrogen-bond donors (Lipinski definition) is 4. The number of aliphatic carboxylic acids is 4. The molecule has 2 heterocycles. The van der Waals surface area contributed by atoms with E-state index in [-0.39, 0.29) is 13.1 Å². The van der Waals surface area contributed by atoms with Crippen LogP contribution in [0.5, 0.6) is 0 Å². The lowest BCUT2D eigenvalue weighted by molar-refractivity contribution is -0.143. The summed E-state index contributed by atoms with van der Waals surface area (Å²) in [6.07, 6.45) is 0. The molecular formula is C22H32N6O8. The lowest BCUT2D eigenvalue weighted by atomic mass is 10.0. The van der Waals surface area contributed by atoms with Crippen LogP contribution in [0.3, 0.4) is 0 Å². The average Bonchev–Trinajstić information content (AvgIpc) is 3.16. The van der Waals surface area contributed by atoms with E-state index in [9.17, 15) is 19.2 Å². The molecule has 0 spiro atoms. The van der Waals surface area contributed by atoms with Crippen LogP contribution in [-0.2, 0) is 32.3 Å². The maximum atomic E-state index is 11.1. The van der Waals surface area contributed by atoms with Gasteiger partial charge in [0.05, 0.1) is 50.7 Å². The molecule has 0 radical (unpaired) electrons. The second-order valence-electron chi connectivity index (χ2n) is 8.53. The SMILES string of the molecule is Cc1nn(CCN(CC(=O)O)CC(=O)O)c(C)c1-c1c(C)nn(CCN(CC(=O)O)CC(=O)O)c1C. The maximum Gasteiger partial charge on any atom is 0.317 e. The van der Waals surface area contributed by atoms with Crippen molar-refractivity contribution >= 4 is 23.9 Å². The van der Waals surface area contributed by atoms with Crippen molar-refractivity contribution in [1.82, 2.24) is 29.4 Å². The number of rotatable bonds is 15. The minimum absolute atomic E-state index is 0.181. The van der Waals surface area contributed by atoms with Gasteiger partial charge in [-0.25, -0.2) is 0 Å². The van der Waals surface area contributed by atoms with Crippen LogP contribution in [0.25, 0.3) is 11.1 Å². The summed E-state index contributed by atoms with van der Waals surface area (Å²) in [4.78, 5) is 46.9. The molecule has 14 nitrogen and oxygen atoms in total. The van der Waals surface area contributed by atoms with E-state index in [0.717, 1.165) is 33.9 Å². The Bertz CT molecular complexity index is 1020. The van der Waals surface area contributed by atoms with Gasteiger partial charge in [0.15, 0.2) is 0 Å². The molecule has 0 amide bonds. The predicted molar refractivity (Wildman–Crippen MR) is 126 cm³/mol. The Labute approximate surface area is 207 Å². The smallest absolute Gasteiger partial charge is 0.317 e. The minimum atomic E-state index is -1.12. The van der Waals surface area contributed by atoms with Gasteiger partial charge in [-0.2, -0.15) is 10.2 Å². The fourth-order valence-electron chi connectivity index (χ4n) is 4.22. The summed E-state index contributed by atoms with van der Waals surface area (Å²) in [6, 6.07) is 0. The maximum absolute atomic E-state index is 11.1. The number of carbonyl (C=O) groups is 4. The molecule has 0 aliphatic rings. The molecule has 0 bridgehead atoms. The Hall–Kier alpha value is -3.78. The summed E-state index contributed by atoms with van der Waals surface area (Å²) in [7, 11) is 0. The standard InChI is InChI=1S/C22H32N6O8/c1-13-21(15(3)27(23-13)7-5-25(9-17(29)30)10-18(31)32)22-14(2)24-28(16(22)4)8-6-26(11-19(33)34)12-20(35)36/h5-12H2,1-4H3,(H,29,30)(H,31,32)(H,33,34)(H,35,36). The number of aryl methyl sites for hydroxylation is 2. The molecule has 2 aromatic rings. The van der Waals surface area contributed by atoms with Gasteiger partial charge in [-0.15, -0.1) is 0 Å². The highest BCUT2D eigenvalue weighted by Crippen LogP contribution is 2.32. The number of hydrogen-bond acceptors (Lipinski definition) is 8. The number of aromatic nitrogens is 4. The van der Waals surface area contributed by atoms with Gasteiger partial charge >= 0.3 is 23.9 Å². The second-order valence-corrected chi connectivity index (χ2v) is 8.53. The van der Waals surface area contributed by atoms with E-state index >= 15 is 0 Å². The van der Waals surface area contributed by atoms with Gasteiger partial charge in [0.1, 0.15) is 0 Å². The Morgan fingerprint density at radius 1 is 0.611 bits per heavy atom. The van der Waals surface area contributed by atoms with E-state index < -0.39 is 50.1 Å². The Balaban J connectivity index is 2.25. The van der Waals surface area contributed by atoms with Crippen molar-refractivity contribution in [2.75, 3.05) is 39.3 Å². The Kier molecular flexibility index (Phi) is 9.69. The topological polar surface area (TPSA) is 191 Å². The number of carboxylic acids is 4. The third-order valence-electron chi connectivity index (χ3n) is 5.70. The summed E-state index contributed by atoms with van der Waals surface area (Å²) < 4.78 is 3.41. The molecule has 0 aromatic carbocycles. The summed E-state index contributed by atoms with van der Waals surface area (Å²) >= 11 is 0. The van der Waals surface area contributed by atoms with E-state index in [1.807, 2.05) is 27.7 Å². The molecule has 0 unspecified atom stereocenters. The fourth-order valence-corrected chi connectivity index (χ4v) is 4.22. The highest BCUT2D eigenvalue weighted by atomic mass is 16.4. The molecule has 0 aliphatic heterocycles. The molecule has 0 saturated heterocycles. The van der Waals surface area contributed by atoms with Crippen LogP contribution in [0.1, 0.15) is 22.8 Å². The van der Waals surface area contributed by atoms with Crippen LogP contribution in [-0.4, -0.2) is 113 Å². The van der Waals surface area contributed by atoms with Crippen molar-refractivity contribution in [2.24, 2.45) is 0 Å². The Morgan fingerprint density at radius 3 is 1.14 bits per heavy atom. The average molecular weight is 509 g/mol. The van der Waals surface area contributed by atoms with Crippen LogP contribution < -0.4 is 0 Å². The molecule has 0 aliphatic carbocycles. The fraction of sp³-hybridized carbons (Fsp3) is 0.545. The van der Waals surface area contributed by atoms with Crippen molar-refractivity contribution in [3.05, 3.63) is 22.8 Å². The third-order valence-corrected chi connectivity index (χ3v) is 5.70. The summed E-state index contributed by atoms with van der Waals surface area (Å²) in [6.45, 7) is 6.75. The van der Waals surface area contributed by atoms with Crippen LogP contribution >= 0.6 is 0 Å². The monoisotopic (exact) mass is 508 g/mol. The zero-order valence-corrected chi connectivity index (χ0v) is 20.8. The van der Waals surface area contributed by atoms with Crippen LogP contribution in [0.2, 0.25) is 0 Å². The highest BCUT2D eigenvalue weighted by Gasteiger charge is 2.23. The highest BCUT2D eigenvalue weighted by molar-refractivity contribution is 5.74. The van der Waals surface area contributed by atoms with E-state index in [0.29, 0.717) is 13.1 Å². The molecule has 0 saturated carbocycles. The summed E-state index contributed by atoms with van der Waals surface area (Å²) in [5, 5.41) is 45.3. The van der Waals surface area contributed by atoms with Crippen LogP contribution in [0.4, 0.5) is 0 Å². The second kappa shape index (κ2) is 12.3. The van der Waals surface area contributed by atoms with Gasteiger partial charge in [0.2, 0.25) is 0 Å². The summed E-state index contributed by atoms with van der Waals surface area (Å²) in [5.74, 6) is -4.47. The van der Waals surface area contributed by atoms with E-state index in [4.69, 9.17) is 20.4 Å². The van der Waals surface area contributed by atoms with Crippen LogP contribution in [0, 0.1) is 27.7 Å². The minimum Gasteiger partial charge on any atom is -0.480 e. The largest absolute Gasteiger partial charge is 0.480 e. The van der Waals surface area contributed by atoms with Crippen LogP contribution in [0.15, 0.2) is 0 Å². The zero-order chi connectivity index (χ0) is 27.2. The van der Waals surface area contributed by atoms with E-state index in [2.05, 4.69) is 10.2 Å². The van der Waals surface area contributed by atoms with Crippen molar-refractivity contribution in [1.29, 1.82) is 0 Å². The van der Waals surface area contributed by atoms with Crippen molar-refractivity contribution < 1.29 is 39.6 Å². The van der Waals surface area contributed by atoms with Gasteiger partial charge in [-0.1, -0.05) is 0 Å². The molecule has 2 aromatic heterocycles. The van der Waals surface area contributed by atoms with Crippen molar-refractivity contribution in [3.63, 3.8) is 0 Å². The van der Waals surface area contributed by atoms with Gasteiger partial charge < -0.3 is 20.4 Å². The first kappa shape index (κ1) is 28.5. The first-order valence-corrected chi connectivity index (χ1v) is 11.2. The normalized spacial score (nSPS) is 11.4. The molecule has 198 valence electrons. The number of nitrogens with zero attached hydrogens (tertiary/aromatic N) is 6. The van der Waals surface area contributed by atoms with Gasteiger partial charge in [0.25, 0.3) is 0 Å². The van der Waals surface area contributed by atoms with Gasteiger partial charge in [-0.3, -0.25) is 38.3 Å². The summed E-state index contributed by atoms with van der Waals surface area (Å²) in [5.41, 5.74) is 4.77. The van der Waals surface area contributed by atoms with Gasteiger partial charge in [0, 0.05) is 35.6 Å². The first-order valence-electron chi connectivity index (χ1n) is 11.2. The quantitative estimate of drug-likeness (QED) is 0.251. The lowest BCUT2D eigenvalue weighted by Crippen LogP contribution is -2.37. The molecule has 0 fully saturated rings. The van der Waals surface area contributed by atoms with E-state index in [1.165, 1.54) is 9.80 Å². The zero-order valence-electron chi connectivity index (χ0n) is 20.8. The molecular weight excluding hydrogens is 476 g/mol. The molecule has 2 rings (SSSR count). The molecule has 14 heteroatoms. The molecule has 0 atom stereocenters. The Morgan fingerprint density at radius 2 is 0.889 bits per heavy atom. The molecule has 4 N–H and O–H groups in total. The van der Waals surface area contributed by atoms with Gasteiger partial charge in [-0.05, 0) is 27.7 Å². The predicted octanol–water partition coefficient (Wildman–Crippen LogP) is -0.0773.